The third-order valence-corrected chi connectivity index (χ3v) is 7.19. The highest BCUT2D eigenvalue weighted by molar-refractivity contribution is 6.05. The Balaban J connectivity index is 1.25. The summed E-state index contributed by atoms with van der Waals surface area (Å²) >= 11 is 0. The summed E-state index contributed by atoms with van der Waals surface area (Å²) in [4.78, 5) is 20.3. The van der Waals surface area contributed by atoms with E-state index < -0.39 is 0 Å². The van der Waals surface area contributed by atoms with Crippen LogP contribution in [0.2, 0.25) is 0 Å². The molecule has 0 radical (unpaired) electrons. The van der Waals surface area contributed by atoms with Crippen molar-refractivity contribution in [2.24, 2.45) is 0 Å². The summed E-state index contributed by atoms with van der Waals surface area (Å²) in [6.07, 6.45) is 0. The number of carbonyl (C=O) groups is 1. The minimum absolute atomic E-state index is 0.119. The Morgan fingerprint density at radius 1 is 0.865 bits per heavy atom. The van der Waals surface area contributed by atoms with Gasteiger partial charge >= 0.3 is 0 Å². The minimum Gasteiger partial charge on any atom is -0.378 e. The number of nitrogens with zero attached hydrogens (tertiary/aromatic N) is 3. The lowest BCUT2D eigenvalue weighted by atomic mass is 10.1. The van der Waals surface area contributed by atoms with E-state index >= 15 is 0 Å². The number of hydrogen-bond acceptors (Lipinski definition) is 6. The summed E-state index contributed by atoms with van der Waals surface area (Å²) in [5.41, 5.74) is 6.87. The number of likely N-dealkylation sites (N-methyl/N-ethyl adjacent to an activating group) is 1. The number of aryl methyl sites for hydroxylation is 1. The fourth-order valence-corrected chi connectivity index (χ4v) is 4.87. The predicted molar refractivity (Wildman–Crippen MR) is 151 cm³/mol. The first-order chi connectivity index (χ1) is 18.0. The standard InChI is InChI=1S/C30H37N5O2/c1-23-9-10-25(30(36)32-27-7-4-8-28(21-27)35-15-17-37-18-16-35)20-29(23)31-26-6-3-5-24(19-26)22-34-13-11-33(2)12-14-34/h3-10,19-21,31H,11-18,22H2,1-2H3,(H,32,36). The molecule has 3 aromatic carbocycles. The average molecular weight is 500 g/mol. The van der Waals surface area contributed by atoms with Gasteiger partial charge in [0, 0.05) is 74.1 Å². The molecule has 2 heterocycles. The molecule has 7 heteroatoms. The van der Waals surface area contributed by atoms with Gasteiger partial charge in [-0.25, -0.2) is 0 Å². The number of hydrogen-bond donors (Lipinski definition) is 2. The molecule has 3 aromatic rings. The van der Waals surface area contributed by atoms with E-state index in [1.807, 2.05) is 36.4 Å². The van der Waals surface area contributed by atoms with Gasteiger partial charge in [0.25, 0.3) is 5.91 Å². The Bertz CT molecular complexity index is 1220. The molecule has 2 fully saturated rings. The van der Waals surface area contributed by atoms with Crippen LogP contribution in [-0.2, 0) is 11.3 Å². The fraction of sp³-hybridized carbons (Fsp3) is 0.367. The van der Waals surface area contributed by atoms with Crippen molar-refractivity contribution in [2.45, 2.75) is 13.5 Å². The normalized spacial score (nSPS) is 17.0. The van der Waals surface area contributed by atoms with Crippen LogP contribution in [0.15, 0.2) is 66.7 Å². The fourth-order valence-electron chi connectivity index (χ4n) is 4.87. The van der Waals surface area contributed by atoms with Crippen molar-refractivity contribution in [1.29, 1.82) is 0 Å². The molecule has 2 aliphatic heterocycles. The molecule has 0 unspecified atom stereocenters. The number of amides is 1. The van der Waals surface area contributed by atoms with Crippen LogP contribution in [0.25, 0.3) is 0 Å². The van der Waals surface area contributed by atoms with Crippen molar-refractivity contribution in [3.05, 3.63) is 83.4 Å². The Morgan fingerprint density at radius 3 is 2.43 bits per heavy atom. The van der Waals surface area contributed by atoms with Crippen molar-refractivity contribution < 1.29 is 9.53 Å². The van der Waals surface area contributed by atoms with Crippen LogP contribution in [0.5, 0.6) is 0 Å². The van der Waals surface area contributed by atoms with Gasteiger partial charge < -0.3 is 25.2 Å². The van der Waals surface area contributed by atoms with Gasteiger partial charge in [-0.15, -0.1) is 0 Å². The second kappa shape index (κ2) is 11.8. The van der Waals surface area contributed by atoms with E-state index in [4.69, 9.17) is 4.74 Å². The Hall–Kier alpha value is -3.39. The molecule has 0 aliphatic carbocycles. The van der Waals surface area contributed by atoms with Gasteiger partial charge in [0.2, 0.25) is 0 Å². The van der Waals surface area contributed by atoms with E-state index in [0.717, 1.165) is 87.3 Å². The van der Waals surface area contributed by atoms with Gasteiger partial charge in [0.1, 0.15) is 0 Å². The van der Waals surface area contributed by atoms with Crippen molar-refractivity contribution >= 4 is 28.7 Å². The summed E-state index contributed by atoms with van der Waals surface area (Å²) in [7, 11) is 2.18. The van der Waals surface area contributed by atoms with Gasteiger partial charge in [-0.05, 0) is 67.6 Å². The molecular weight excluding hydrogens is 462 g/mol. The van der Waals surface area contributed by atoms with E-state index in [9.17, 15) is 4.79 Å². The molecule has 1 amide bonds. The monoisotopic (exact) mass is 499 g/mol. The molecule has 0 aromatic heterocycles. The number of piperazine rings is 1. The smallest absolute Gasteiger partial charge is 0.255 e. The van der Waals surface area contributed by atoms with Crippen molar-refractivity contribution in [3.8, 4) is 0 Å². The van der Waals surface area contributed by atoms with Gasteiger partial charge in [-0.1, -0.05) is 24.3 Å². The molecule has 0 saturated carbocycles. The summed E-state index contributed by atoms with van der Waals surface area (Å²) in [5, 5.41) is 6.62. The Morgan fingerprint density at radius 2 is 1.62 bits per heavy atom. The first-order valence-electron chi connectivity index (χ1n) is 13.2. The van der Waals surface area contributed by atoms with E-state index in [1.54, 1.807) is 0 Å². The third-order valence-electron chi connectivity index (χ3n) is 7.19. The summed E-state index contributed by atoms with van der Waals surface area (Å²) in [6, 6.07) is 22.4. The quantitative estimate of drug-likeness (QED) is 0.497. The maximum atomic E-state index is 13.1. The van der Waals surface area contributed by atoms with E-state index in [2.05, 4.69) is 69.6 Å². The van der Waals surface area contributed by atoms with Crippen LogP contribution in [-0.4, -0.2) is 75.2 Å². The molecule has 37 heavy (non-hydrogen) atoms. The zero-order chi connectivity index (χ0) is 25.6. The van der Waals surface area contributed by atoms with Crippen molar-refractivity contribution in [2.75, 3.05) is 75.1 Å². The van der Waals surface area contributed by atoms with Crippen LogP contribution in [0.1, 0.15) is 21.5 Å². The van der Waals surface area contributed by atoms with Crippen LogP contribution >= 0.6 is 0 Å². The van der Waals surface area contributed by atoms with E-state index in [0.29, 0.717) is 5.56 Å². The number of morpholine rings is 1. The largest absolute Gasteiger partial charge is 0.378 e. The first-order valence-corrected chi connectivity index (χ1v) is 13.2. The van der Waals surface area contributed by atoms with Gasteiger partial charge in [0.05, 0.1) is 13.2 Å². The van der Waals surface area contributed by atoms with Crippen molar-refractivity contribution in [1.82, 2.24) is 9.80 Å². The molecule has 194 valence electrons. The Kier molecular flexibility index (Phi) is 8.04. The summed E-state index contributed by atoms with van der Waals surface area (Å²) in [6.45, 7) is 10.6. The Labute approximate surface area is 220 Å². The molecule has 2 N–H and O–H groups in total. The van der Waals surface area contributed by atoms with Gasteiger partial charge in [-0.2, -0.15) is 0 Å². The van der Waals surface area contributed by atoms with Crippen LogP contribution in [0.4, 0.5) is 22.7 Å². The number of carbonyl (C=O) groups excluding carboxylic acids is 1. The molecule has 5 rings (SSSR count). The zero-order valence-electron chi connectivity index (χ0n) is 21.9. The first kappa shape index (κ1) is 25.3. The maximum absolute atomic E-state index is 13.1. The lowest BCUT2D eigenvalue weighted by Crippen LogP contribution is -2.43. The molecular formula is C30H37N5O2. The second-order valence-electron chi connectivity index (χ2n) is 10.0. The van der Waals surface area contributed by atoms with Crippen LogP contribution in [0.3, 0.4) is 0 Å². The number of nitrogens with one attached hydrogen (secondary N) is 2. The zero-order valence-corrected chi connectivity index (χ0v) is 21.9. The predicted octanol–water partition coefficient (Wildman–Crippen LogP) is 4.57. The number of ether oxygens (including phenoxy) is 1. The molecule has 0 atom stereocenters. The number of benzene rings is 3. The maximum Gasteiger partial charge on any atom is 0.255 e. The highest BCUT2D eigenvalue weighted by atomic mass is 16.5. The molecule has 0 bridgehead atoms. The lowest BCUT2D eigenvalue weighted by Gasteiger charge is -2.32. The highest BCUT2D eigenvalue weighted by Crippen LogP contribution is 2.25. The second-order valence-corrected chi connectivity index (χ2v) is 10.0. The van der Waals surface area contributed by atoms with Gasteiger partial charge in [-0.3, -0.25) is 9.69 Å². The van der Waals surface area contributed by atoms with Gasteiger partial charge in [0.15, 0.2) is 0 Å². The van der Waals surface area contributed by atoms with E-state index in [-0.39, 0.29) is 5.91 Å². The van der Waals surface area contributed by atoms with Crippen LogP contribution in [0, 0.1) is 6.92 Å². The average Bonchev–Trinajstić information content (AvgIpc) is 2.92. The lowest BCUT2D eigenvalue weighted by molar-refractivity contribution is 0.102. The SMILES string of the molecule is Cc1ccc(C(=O)Nc2cccc(N3CCOCC3)c2)cc1Nc1cccc(CN2CCN(C)CC2)c1. The van der Waals surface area contributed by atoms with E-state index in [1.165, 1.54) is 5.56 Å². The highest BCUT2D eigenvalue weighted by Gasteiger charge is 2.15. The number of rotatable bonds is 7. The molecule has 2 saturated heterocycles. The summed E-state index contributed by atoms with van der Waals surface area (Å²) in [5.74, 6) is -0.119. The number of anilines is 4. The van der Waals surface area contributed by atoms with Crippen LogP contribution < -0.4 is 15.5 Å². The molecule has 7 nitrogen and oxygen atoms in total. The third kappa shape index (κ3) is 6.68. The minimum atomic E-state index is -0.119. The summed E-state index contributed by atoms with van der Waals surface area (Å²) < 4.78 is 5.46. The van der Waals surface area contributed by atoms with Crippen molar-refractivity contribution in [3.63, 3.8) is 0 Å². The topological polar surface area (TPSA) is 60.1 Å². The molecule has 0 spiro atoms. The molecule has 2 aliphatic rings.